The van der Waals surface area contributed by atoms with Crippen LogP contribution in [0.4, 0.5) is 5.69 Å². The number of unbranched alkanes of at least 4 members (excludes halogenated alkanes) is 2. The van der Waals surface area contributed by atoms with Crippen molar-refractivity contribution in [2.45, 2.75) is 46.1 Å². The molecule has 0 spiro atoms. The highest BCUT2D eigenvalue weighted by Gasteiger charge is 2.19. The largest absolute Gasteiger partial charge is 0.500 e. The van der Waals surface area contributed by atoms with E-state index in [9.17, 15) is 20.0 Å². The van der Waals surface area contributed by atoms with Gasteiger partial charge >= 0.3 is 0 Å². The van der Waals surface area contributed by atoms with Gasteiger partial charge in [0, 0.05) is 24.1 Å². The molecule has 0 amide bonds. The standard InChI is InChI=1S/C17H22N2O5/c1-3-5-9-18-14-11-12(19(22)23)7-8-13(14)16(15(20)17(18)21)24-10-6-4-2/h7-8,11,20H,3-6,9-10H2,1-2H3. The molecule has 0 aliphatic heterocycles. The second-order valence-electron chi connectivity index (χ2n) is 5.65. The molecule has 2 rings (SSSR count). The molecular formula is C17H22N2O5. The normalized spacial score (nSPS) is 10.9. The van der Waals surface area contributed by atoms with E-state index >= 15 is 0 Å². The minimum atomic E-state index is -0.581. The Morgan fingerprint density at radius 1 is 1.25 bits per heavy atom. The number of aromatic nitrogens is 1. The Morgan fingerprint density at radius 3 is 2.58 bits per heavy atom. The molecule has 0 aliphatic rings. The van der Waals surface area contributed by atoms with Gasteiger partial charge in [0.2, 0.25) is 5.75 Å². The van der Waals surface area contributed by atoms with Crippen LogP contribution in [0, 0.1) is 10.1 Å². The van der Waals surface area contributed by atoms with Gasteiger partial charge in [0.15, 0.2) is 5.75 Å². The van der Waals surface area contributed by atoms with Crippen LogP contribution in [0.15, 0.2) is 23.0 Å². The summed E-state index contributed by atoms with van der Waals surface area (Å²) >= 11 is 0. The Labute approximate surface area is 139 Å². The van der Waals surface area contributed by atoms with Gasteiger partial charge in [-0.25, -0.2) is 0 Å². The topological polar surface area (TPSA) is 94.6 Å². The van der Waals surface area contributed by atoms with Crippen LogP contribution < -0.4 is 10.3 Å². The van der Waals surface area contributed by atoms with E-state index in [0.717, 1.165) is 25.7 Å². The van der Waals surface area contributed by atoms with Crippen molar-refractivity contribution in [1.29, 1.82) is 0 Å². The summed E-state index contributed by atoms with van der Waals surface area (Å²) in [6, 6.07) is 4.23. The van der Waals surface area contributed by atoms with E-state index in [0.29, 0.717) is 24.1 Å². The number of non-ortho nitro benzene ring substituents is 1. The third-order valence-corrected chi connectivity index (χ3v) is 3.87. The molecule has 0 unspecified atom stereocenters. The molecule has 0 radical (unpaired) electrons. The number of hydrogen-bond donors (Lipinski definition) is 1. The van der Waals surface area contributed by atoms with Crippen molar-refractivity contribution in [3.63, 3.8) is 0 Å². The van der Waals surface area contributed by atoms with Gasteiger partial charge in [-0.3, -0.25) is 14.9 Å². The number of aryl methyl sites for hydroxylation is 1. The summed E-state index contributed by atoms with van der Waals surface area (Å²) in [7, 11) is 0. The number of fused-ring (bicyclic) bond motifs is 1. The van der Waals surface area contributed by atoms with Gasteiger partial charge in [0.25, 0.3) is 11.2 Å². The third-order valence-electron chi connectivity index (χ3n) is 3.87. The van der Waals surface area contributed by atoms with E-state index in [2.05, 4.69) is 0 Å². The first-order valence-corrected chi connectivity index (χ1v) is 8.17. The zero-order valence-corrected chi connectivity index (χ0v) is 13.9. The Morgan fingerprint density at radius 2 is 1.96 bits per heavy atom. The molecule has 0 aliphatic carbocycles. The van der Waals surface area contributed by atoms with Crippen LogP contribution >= 0.6 is 0 Å². The minimum absolute atomic E-state index is 0.0997. The van der Waals surface area contributed by atoms with Gasteiger partial charge in [0.1, 0.15) is 0 Å². The summed E-state index contributed by atoms with van der Waals surface area (Å²) in [5, 5.41) is 21.8. The van der Waals surface area contributed by atoms with Gasteiger partial charge in [0.05, 0.1) is 17.0 Å². The molecule has 24 heavy (non-hydrogen) atoms. The van der Waals surface area contributed by atoms with Gasteiger partial charge in [-0.05, 0) is 18.9 Å². The Balaban J connectivity index is 2.68. The summed E-state index contributed by atoms with van der Waals surface area (Å²) in [6.45, 7) is 4.75. The third kappa shape index (κ3) is 3.50. The number of nitrogens with zero attached hydrogens (tertiary/aromatic N) is 2. The predicted molar refractivity (Wildman–Crippen MR) is 91.8 cm³/mol. The van der Waals surface area contributed by atoms with E-state index in [1.807, 2.05) is 13.8 Å². The molecule has 0 saturated heterocycles. The molecule has 1 aromatic heterocycles. The number of ether oxygens (including phenoxy) is 1. The summed E-state index contributed by atoms with van der Waals surface area (Å²) in [4.78, 5) is 23.0. The Kier molecular flexibility index (Phi) is 5.78. The van der Waals surface area contributed by atoms with Gasteiger partial charge in [-0.2, -0.15) is 0 Å². The summed E-state index contributed by atoms with van der Waals surface area (Å²) in [5.74, 6) is -0.338. The maximum atomic E-state index is 12.5. The summed E-state index contributed by atoms with van der Waals surface area (Å²) in [5.41, 5.74) is -0.271. The maximum absolute atomic E-state index is 12.5. The minimum Gasteiger partial charge on any atom is -0.500 e. The average Bonchev–Trinajstić information content (AvgIpc) is 2.57. The molecule has 0 atom stereocenters. The molecule has 1 N–H and O–H groups in total. The van der Waals surface area contributed by atoms with Crippen LogP contribution in [-0.2, 0) is 6.54 Å². The number of aromatic hydroxyl groups is 1. The van der Waals surface area contributed by atoms with Gasteiger partial charge in [-0.1, -0.05) is 26.7 Å². The predicted octanol–water partition coefficient (Wildman–Crippen LogP) is 3.59. The van der Waals surface area contributed by atoms with E-state index in [1.165, 1.54) is 22.8 Å². The molecular weight excluding hydrogens is 312 g/mol. The number of hydrogen-bond acceptors (Lipinski definition) is 5. The first-order valence-electron chi connectivity index (χ1n) is 8.17. The van der Waals surface area contributed by atoms with Gasteiger partial charge < -0.3 is 14.4 Å². The van der Waals surface area contributed by atoms with Crippen molar-refractivity contribution in [3.05, 3.63) is 38.7 Å². The van der Waals surface area contributed by atoms with Crippen LogP contribution in [0.1, 0.15) is 39.5 Å². The van der Waals surface area contributed by atoms with Crippen LogP contribution in [0.5, 0.6) is 11.5 Å². The summed E-state index contributed by atoms with van der Waals surface area (Å²) < 4.78 is 6.98. The van der Waals surface area contributed by atoms with E-state index < -0.39 is 16.2 Å². The van der Waals surface area contributed by atoms with Crippen molar-refractivity contribution in [1.82, 2.24) is 4.57 Å². The maximum Gasteiger partial charge on any atom is 0.297 e. The number of nitro groups is 1. The fourth-order valence-corrected chi connectivity index (χ4v) is 2.51. The van der Waals surface area contributed by atoms with Crippen LogP contribution in [0.25, 0.3) is 10.9 Å². The molecule has 130 valence electrons. The fraction of sp³-hybridized carbons (Fsp3) is 0.471. The van der Waals surface area contributed by atoms with E-state index in [4.69, 9.17) is 4.74 Å². The number of benzene rings is 1. The quantitative estimate of drug-likeness (QED) is 0.452. The van der Waals surface area contributed by atoms with Crippen molar-refractivity contribution < 1.29 is 14.8 Å². The molecule has 2 aromatic rings. The molecule has 7 heteroatoms. The second-order valence-corrected chi connectivity index (χ2v) is 5.65. The molecule has 0 bridgehead atoms. The van der Waals surface area contributed by atoms with Crippen LogP contribution in [0.2, 0.25) is 0 Å². The van der Waals surface area contributed by atoms with Crippen molar-refractivity contribution in [3.8, 4) is 11.5 Å². The van der Waals surface area contributed by atoms with Crippen LogP contribution in [0.3, 0.4) is 0 Å². The first kappa shape index (κ1) is 17.8. The van der Waals surface area contributed by atoms with Crippen molar-refractivity contribution in [2.75, 3.05) is 6.61 Å². The van der Waals surface area contributed by atoms with Gasteiger partial charge in [-0.15, -0.1) is 0 Å². The molecule has 1 heterocycles. The lowest BCUT2D eigenvalue weighted by Crippen LogP contribution is -2.21. The second kappa shape index (κ2) is 7.81. The Bertz CT molecular complexity index is 798. The molecule has 0 fully saturated rings. The smallest absolute Gasteiger partial charge is 0.297 e. The van der Waals surface area contributed by atoms with Crippen LogP contribution in [-0.4, -0.2) is 21.2 Å². The van der Waals surface area contributed by atoms with E-state index in [1.54, 1.807) is 0 Å². The highest BCUT2D eigenvalue weighted by atomic mass is 16.6. The number of nitro benzene ring substituents is 1. The first-order chi connectivity index (χ1) is 11.5. The molecule has 7 nitrogen and oxygen atoms in total. The fourth-order valence-electron chi connectivity index (χ4n) is 2.51. The lowest BCUT2D eigenvalue weighted by Gasteiger charge is -2.15. The molecule has 1 aromatic carbocycles. The average molecular weight is 334 g/mol. The lowest BCUT2D eigenvalue weighted by molar-refractivity contribution is -0.384. The number of rotatable bonds is 8. The zero-order chi connectivity index (χ0) is 17.7. The molecule has 0 saturated carbocycles. The summed E-state index contributed by atoms with van der Waals surface area (Å²) in [6.07, 6.45) is 3.29. The van der Waals surface area contributed by atoms with E-state index in [-0.39, 0.29) is 11.4 Å². The number of pyridine rings is 1. The highest BCUT2D eigenvalue weighted by molar-refractivity contribution is 5.89. The SMILES string of the molecule is CCCCOc1c(O)c(=O)n(CCCC)c2cc([N+](=O)[O-])ccc12. The monoisotopic (exact) mass is 334 g/mol. The zero-order valence-electron chi connectivity index (χ0n) is 13.9. The Hall–Kier alpha value is -2.57. The van der Waals surface area contributed by atoms with Crippen molar-refractivity contribution in [2.24, 2.45) is 0 Å². The van der Waals surface area contributed by atoms with Crippen molar-refractivity contribution >= 4 is 16.6 Å². The highest BCUT2D eigenvalue weighted by Crippen LogP contribution is 2.34. The lowest BCUT2D eigenvalue weighted by atomic mass is 10.1.